The average molecular weight is 247 g/mol. The summed E-state index contributed by atoms with van der Waals surface area (Å²) in [4.78, 5) is 0. The van der Waals surface area contributed by atoms with Crippen LogP contribution in [-0.4, -0.2) is 20.3 Å². The van der Waals surface area contributed by atoms with E-state index in [2.05, 4.69) is 12.1 Å². The molecule has 0 fully saturated rings. The standard InChI is InChI=1S/C15H21NO2/c1-17-13-7-8-14(15(10-13)18-2)11-5-3-4-6-12(16)9-11/h7-10,12H,3-6,16H2,1-2H3. The fourth-order valence-electron chi connectivity index (χ4n) is 2.41. The van der Waals surface area contributed by atoms with Gasteiger partial charge in [-0.15, -0.1) is 0 Å². The van der Waals surface area contributed by atoms with E-state index in [0.29, 0.717) is 0 Å². The first kappa shape index (κ1) is 13.0. The molecule has 2 N–H and O–H groups in total. The number of allylic oxidation sites excluding steroid dienone is 1. The Hall–Kier alpha value is -1.48. The normalized spacial score (nSPS) is 19.9. The van der Waals surface area contributed by atoms with Crippen LogP contribution in [0.2, 0.25) is 0 Å². The molecule has 1 aliphatic carbocycles. The van der Waals surface area contributed by atoms with E-state index in [-0.39, 0.29) is 6.04 Å². The molecule has 0 saturated heterocycles. The zero-order valence-corrected chi connectivity index (χ0v) is 11.1. The molecule has 0 saturated carbocycles. The van der Waals surface area contributed by atoms with Crippen LogP contribution in [0, 0.1) is 0 Å². The molecule has 3 heteroatoms. The van der Waals surface area contributed by atoms with Gasteiger partial charge in [-0.25, -0.2) is 0 Å². The minimum Gasteiger partial charge on any atom is -0.497 e. The summed E-state index contributed by atoms with van der Waals surface area (Å²) in [5, 5.41) is 0. The third kappa shape index (κ3) is 2.85. The molecule has 3 nitrogen and oxygen atoms in total. The van der Waals surface area contributed by atoms with Crippen LogP contribution in [-0.2, 0) is 0 Å². The summed E-state index contributed by atoms with van der Waals surface area (Å²) in [6.07, 6.45) is 6.70. The molecule has 0 bridgehead atoms. The minimum atomic E-state index is 0.161. The maximum absolute atomic E-state index is 6.07. The van der Waals surface area contributed by atoms with Gasteiger partial charge in [0.15, 0.2) is 0 Å². The van der Waals surface area contributed by atoms with Crippen LogP contribution < -0.4 is 15.2 Å². The van der Waals surface area contributed by atoms with Crippen LogP contribution in [0.3, 0.4) is 0 Å². The highest BCUT2D eigenvalue weighted by Gasteiger charge is 2.14. The lowest BCUT2D eigenvalue weighted by Gasteiger charge is -2.13. The maximum atomic E-state index is 6.07. The molecule has 1 aromatic carbocycles. The summed E-state index contributed by atoms with van der Waals surface area (Å²) in [6, 6.07) is 6.11. The molecule has 18 heavy (non-hydrogen) atoms. The first-order chi connectivity index (χ1) is 8.74. The Bertz CT molecular complexity index is 440. The largest absolute Gasteiger partial charge is 0.497 e. The number of hydrogen-bond acceptors (Lipinski definition) is 3. The van der Waals surface area contributed by atoms with Gasteiger partial charge in [-0.2, -0.15) is 0 Å². The SMILES string of the molecule is COc1ccc(C2=CC(N)CCCC2)c(OC)c1. The van der Waals surface area contributed by atoms with Crippen LogP contribution in [0.15, 0.2) is 24.3 Å². The highest BCUT2D eigenvalue weighted by molar-refractivity contribution is 5.72. The van der Waals surface area contributed by atoms with Gasteiger partial charge in [0.1, 0.15) is 11.5 Å². The summed E-state index contributed by atoms with van der Waals surface area (Å²) < 4.78 is 10.7. The van der Waals surface area contributed by atoms with Gasteiger partial charge in [0, 0.05) is 17.7 Å². The Labute approximate surface area is 109 Å². The molecule has 0 aromatic heterocycles. The third-order valence-corrected chi connectivity index (χ3v) is 3.40. The van der Waals surface area contributed by atoms with Crippen LogP contribution in [0.25, 0.3) is 5.57 Å². The minimum absolute atomic E-state index is 0.161. The lowest BCUT2D eigenvalue weighted by atomic mass is 9.99. The van der Waals surface area contributed by atoms with Crippen molar-refractivity contribution in [2.24, 2.45) is 5.73 Å². The summed E-state index contributed by atoms with van der Waals surface area (Å²) in [5.74, 6) is 1.67. The Morgan fingerprint density at radius 2 is 2.00 bits per heavy atom. The second-order valence-corrected chi connectivity index (χ2v) is 4.67. The average Bonchev–Trinajstić information content (AvgIpc) is 2.62. The molecule has 0 radical (unpaired) electrons. The van der Waals surface area contributed by atoms with Crippen molar-refractivity contribution in [1.82, 2.24) is 0 Å². The van der Waals surface area contributed by atoms with E-state index in [1.54, 1.807) is 14.2 Å². The first-order valence-electron chi connectivity index (χ1n) is 6.43. The third-order valence-electron chi connectivity index (χ3n) is 3.40. The van der Waals surface area contributed by atoms with E-state index in [9.17, 15) is 0 Å². The van der Waals surface area contributed by atoms with Crippen molar-refractivity contribution >= 4 is 5.57 Å². The molecular formula is C15H21NO2. The molecule has 0 aliphatic heterocycles. The number of benzene rings is 1. The van der Waals surface area contributed by atoms with Gasteiger partial charge in [-0.1, -0.05) is 12.5 Å². The molecule has 1 aliphatic rings. The molecule has 1 atom stereocenters. The summed E-state index contributed by atoms with van der Waals surface area (Å²) in [5.41, 5.74) is 8.49. The van der Waals surface area contributed by atoms with Crippen LogP contribution in [0.1, 0.15) is 31.2 Å². The van der Waals surface area contributed by atoms with E-state index in [1.807, 2.05) is 12.1 Å². The van der Waals surface area contributed by atoms with E-state index in [1.165, 1.54) is 18.4 Å². The van der Waals surface area contributed by atoms with Crippen LogP contribution >= 0.6 is 0 Å². The van der Waals surface area contributed by atoms with Crippen molar-refractivity contribution in [1.29, 1.82) is 0 Å². The van der Waals surface area contributed by atoms with E-state index >= 15 is 0 Å². The Kier molecular flexibility index (Phi) is 4.26. The predicted molar refractivity (Wildman–Crippen MR) is 74.0 cm³/mol. The molecule has 2 rings (SSSR count). The van der Waals surface area contributed by atoms with Crippen molar-refractivity contribution in [2.45, 2.75) is 31.7 Å². The zero-order chi connectivity index (χ0) is 13.0. The van der Waals surface area contributed by atoms with E-state index in [0.717, 1.165) is 29.9 Å². The number of methoxy groups -OCH3 is 2. The maximum Gasteiger partial charge on any atom is 0.130 e. The molecule has 1 unspecified atom stereocenters. The molecule has 0 heterocycles. The van der Waals surface area contributed by atoms with Gasteiger partial charge in [0.05, 0.1) is 14.2 Å². The Morgan fingerprint density at radius 3 is 2.72 bits per heavy atom. The molecule has 1 aromatic rings. The fraction of sp³-hybridized carbons (Fsp3) is 0.467. The van der Waals surface area contributed by atoms with Crippen LogP contribution in [0.5, 0.6) is 11.5 Å². The van der Waals surface area contributed by atoms with Gasteiger partial charge >= 0.3 is 0 Å². The Morgan fingerprint density at radius 1 is 1.17 bits per heavy atom. The smallest absolute Gasteiger partial charge is 0.130 e. The van der Waals surface area contributed by atoms with Crippen molar-refractivity contribution in [2.75, 3.05) is 14.2 Å². The number of ether oxygens (including phenoxy) is 2. The zero-order valence-electron chi connectivity index (χ0n) is 11.1. The van der Waals surface area contributed by atoms with Gasteiger partial charge in [-0.05, 0) is 37.0 Å². The Balaban J connectivity index is 2.36. The van der Waals surface area contributed by atoms with E-state index < -0.39 is 0 Å². The van der Waals surface area contributed by atoms with Gasteiger partial charge in [0.2, 0.25) is 0 Å². The van der Waals surface area contributed by atoms with Crippen molar-refractivity contribution in [3.8, 4) is 11.5 Å². The molecule has 0 amide bonds. The summed E-state index contributed by atoms with van der Waals surface area (Å²) >= 11 is 0. The topological polar surface area (TPSA) is 44.5 Å². The van der Waals surface area contributed by atoms with Crippen LogP contribution in [0.4, 0.5) is 0 Å². The molecular weight excluding hydrogens is 226 g/mol. The molecule has 98 valence electrons. The summed E-state index contributed by atoms with van der Waals surface area (Å²) in [6.45, 7) is 0. The quantitative estimate of drug-likeness (QED) is 0.893. The second-order valence-electron chi connectivity index (χ2n) is 4.67. The number of rotatable bonds is 3. The van der Waals surface area contributed by atoms with Crippen molar-refractivity contribution < 1.29 is 9.47 Å². The number of nitrogens with two attached hydrogens (primary N) is 1. The molecule has 0 spiro atoms. The highest BCUT2D eigenvalue weighted by Crippen LogP contribution is 2.34. The second kappa shape index (κ2) is 5.91. The van der Waals surface area contributed by atoms with E-state index in [4.69, 9.17) is 15.2 Å². The lowest BCUT2D eigenvalue weighted by molar-refractivity contribution is 0.393. The first-order valence-corrected chi connectivity index (χ1v) is 6.43. The predicted octanol–water partition coefficient (Wildman–Crippen LogP) is 2.99. The fourth-order valence-corrected chi connectivity index (χ4v) is 2.41. The van der Waals surface area contributed by atoms with Gasteiger partial charge < -0.3 is 15.2 Å². The monoisotopic (exact) mass is 247 g/mol. The van der Waals surface area contributed by atoms with Gasteiger partial charge in [0.25, 0.3) is 0 Å². The van der Waals surface area contributed by atoms with Gasteiger partial charge in [-0.3, -0.25) is 0 Å². The highest BCUT2D eigenvalue weighted by atomic mass is 16.5. The van der Waals surface area contributed by atoms with Crippen molar-refractivity contribution in [3.63, 3.8) is 0 Å². The lowest BCUT2D eigenvalue weighted by Crippen LogP contribution is -2.15. The summed E-state index contributed by atoms with van der Waals surface area (Å²) in [7, 11) is 3.35. The number of hydrogen-bond donors (Lipinski definition) is 1. The van der Waals surface area contributed by atoms with Crippen molar-refractivity contribution in [3.05, 3.63) is 29.8 Å².